The molecule has 2 nitrogen and oxygen atoms in total. The first-order valence-corrected chi connectivity index (χ1v) is 8.01. The Hall–Kier alpha value is -0.890. The number of rotatable bonds is 5. The van der Waals surface area contributed by atoms with Crippen LogP contribution in [-0.4, -0.2) is 14.2 Å². The SMILES string of the molecule is COc1ccc(C(Cl)CC2CC3CCC2C3)c(OC)c1. The molecule has 1 aromatic rings. The van der Waals surface area contributed by atoms with E-state index < -0.39 is 0 Å². The minimum Gasteiger partial charge on any atom is -0.497 e. The summed E-state index contributed by atoms with van der Waals surface area (Å²) in [5.74, 6) is 4.36. The Bertz CT molecular complexity index is 474. The quantitative estimate of drug-likeness (QED) is 0.726. The van der Waals surface area contributed by atoms with Crippen LogP contribution in [0.15, 0.2) is 18.2 Å². The summed E-state index contributed by atoms with van der Waals surface area (Å²) in [4.78, 5) is 0. The van der Waals surface area contributed by atoms with Crippen LogP contribution in [-0.2, 0) is 0 Å². The highest BCUT2D eigenvalue weighted by Crippen LogP contribution is 2.52. The molecule has 0 saturated heterocycles. The second-order valence-electron chi connectivity index (χ2n) is 6.25. The van der Waals surface area contributed by atoms with E-state index in [1.54, 1.807) is 14.2 Å². The van der Waals surface area contributed by atoms with Gasteiger partial charge < -0.3 is 9.47 Å². The summed E-state index contributed by atoms with van der Waals surface area (Å²) in [6, 6.07) is 5.93. The van der Waals surface area contributed by atoms with E-state index in [0.717, 1.165) is 41.2 Å². The molecule has 0 spiro atoms. The Kier molecular flexibility index (Phi) is 4.11. The molecular weight excluding hydrogens is 272 g/mol. The lowest BCUT2D eigenvalue weighted by Gasteiger charge is -2.24. The van der Waals surface area contributed by atoms with Crippen molar-refractivity contribution >= 4 is 11.6 Å². The van der Waals surface area contributed by atoms with E-state index in [1.165, 1.54) is 25.7 Å². The number of hydrogen-bond acceptors (Lipinski definition) is 2. The molecule has 2 bridgehead atoms. The van der Waals surface area contributed by atoms with E-state index in [0.29, 0.717) is 0 Å². The van der Waals surface area contributed by atoms with Gasteiger partial charge in [-0.3, -0.25) is 0 Å². The van der Waals surface area contributed by atoms with Crippen LogP contribution in [0, 0.1) is 17.8 Å². The lowest BCUT2D eigenvalue weighted by Crippen LogP contribution is -2.12. The molecule has 0 heterocycles. The highest BCUT2D eigenvalue weighted by molar-refractivity contribution is 6.21. The molecule has 0 aromatic heterocycles. The predicted molar refractivity (Wildman–Crippen MR) is 81.7 cm³/mol. The van der Waals surface area contributed by atoms with Gasteiger partial charge in [0.25, 0.3) is 0 Å². The van der Waals surface area contributed by atoms with Gasteiger partial charge in [0.15, 0.2) is 0 Å². The fourth-order valence-electron chi connectivity index (χ4n) is 4.14. The summed E-state index contributed by atoms with van der Waals surface area (Å²) < 4.78 is 10.7. The molecule has 3 rings (SSSR count). The topological polar surface area (TPSA) is 18.5 Å². The van der Waals surface area contributed by atoms with Crippen LogP contribution in [0.2, 0.25) is 0 Å². The Labute approximate surface area is 126 Å². The highest BCUT2D eigenvalue weighted by Gasteiger charge is 2.40. The normalized spacial score (nSPS) is 29.4. The third-order valence-corrected chi connectivity index (χ3v) is 5.59. The molecule has 1 aromatic carbocycles. The summed E-state index contributed by atoms with van der Waals surface area (Å²) in [5.41, 5.74) is 1.10. The molecule has 2 aliphatic rings. The van der Waals surface area contributed by atoms with Crippen LogP contribution < -0.4 is 9.47 Å². The molecule has 2 aliphatic carbocycles. The first-order valence-electron chi connectivity index (χ1n) is 7.57. The molecule has 110 valence electrons. The van der Waals surface area contributed by atoms with Crippen molar-refractivity contribution in [3.05, 3.63) is 23.8 Å². The van der Waals surface area contributed by atoms with Crippen LogP contribution in [0.5, 0.6) is 11.5 Å². The smallest absolute Gasteiger partial charge is 0.127 e. The van der Waals surface area contributed by atoms with Crippen LogP contribution >= 0.6 is 11.6 Å². The van der Waals surface area contributed by atoms with Crippen molar-refractivity contribution in [3.8, 4) is 11.5 Å². The molecule has 4 unspecified atom stereocenters. The van der Waals surface area contributed by atoms with Crippen molar-refractivity contribution in [2.24, 2.45) is 17.8 Å². The van der Waals surface area contributed by atoms with Crippen molar-refractivity contribution in [2.75, 3.05) is 14.2 Å². The van der Waals surface area contributed by atoms with Gasteiger partial charge in [0.2, 0.25) is 0 Å². The van der Waals surface area contributed by atoms with E-state index in [-0.39, 0.29) is 5.38 Å². The van der Waals surface area contributed by atoms with Gasteiger partial charge in [0, 0.05) is 11.6 Å². The van der Waals surface area contributed by atoms with Gasteiger partial charge in [-0.25, -0.2) is 0 Å². The molecule has 0 amide bonds. The van der Waals surface area contributed by atoms with Crippen LogP contribution in [0.4, 0.5) is 0 Å². The zero-order valence-corrected chi connectivity index (χ0v) is 13.0. The zero-order valence-electron chi connectivity index (χ0n) is 12.3. The number of methoxy groups -OCH3 is 2. The monoisotopic (exact) mass is 294 g/mol. The fourth-order valence-corrected chi connectivity index (χ4v) is 4.54. The molecule has 0 radical (unpaired) electrons. The number of hydrogen-bond donors (Lipinski definition) is 0. The minimum atomic E-state index is 0.0419. The third-order valence-electron chi connectivity index (χ3n) is 5.17. The van der Waals surface area contributed by atoms with E-state index in [1.807, 2.05) is 18.2 Å². The maximum absolute atomic E-state index is 6.68. The van der Waals surface area contributed by atoms with Crippen molar-refractivity contribution < 1.29 is 9.47 Å². The van der Waals surface area contributed by atoms with E-state index in [9.17, 15) is 0 Å². The molecule has 2 fully saturated rings. The lowest BCUT2D eigenvalue weighted by atomic mass is 9.84. The van der Waals surface area contributed by atoms with Gasteiger partial charge in [-0.1, -0.05) is 12.5 Å². The van der Waals surface area contributed by atoms with E-state index in [2.05, 4.69) is 0 Å². The average Bonchev–Trinajstić information content (AvgIpc) is 3.09. The predicted octanol–water partition coefficient (Wildman–Crippen LogP) is 4.81. The van der Waals surface area contributed by atoms with Crippen LogP contribution in [0.1, 0.15) is 43.0 Å². The number of ether oxygens (including phenoxy) is 2. The summed E-state index contributed by atoms with van der Waals surface area (Å²) >= 11 is 6.68. The van der Waals surface area contributed by atoms with Gasteiger partial charge in [-0.05, 0) is 49.5 Å². The second-order valence-corrected chi connectivity index (χ2v) is 6.77. The standard InChI is InChI=1S/C17H23ClO2/c1-19-14-5-6-15(17(10-14)20-2)16(18)9-13-8-11-3-4-12(13)7-11/h5-6,10-13,16H,3-4,7-9H2,1-2H3. The maximum atomic E-state index is 6.68. The van der Waals surface area contributed by atoms with Crippen molar-refractivity contribution in [1.29, 1.82) is 0 Å². The number of alkyl halides is 1. The zero-order chi connectivity index (χ0) is 14.1. The Balaban J connectivity index is 1.71. The van der Waals surface area contributed by atoms with Crippen molar-refractivity contribution in [3.63, 3.8) is 0 Å². The van der Waals surface area contributed by atoms with Crippen LogP contribution in [0.3, 0.4) is 0 Å². The first kappa shape index (κ1) is 14.1. The number of fused-ring (bicyclic) bond motifs is 2. The number of benzene rings is 1. The molecule has 0 aliphatic heterocycles. The minimum absolute atomic E-state index is 0.0419. The summed E-state index contributed by atoms with van der Waals surface area (Å²) in [6.45, 7) is 0. The summed E-state index contributed by atoms with van der Waals surface area (Å²) in [7, 11) is 3.36. The van der Waals surface area contributed by atoms with Crippen molar-refractivity contribution in [1.82, 2.24) is 0 Å². The fraction of sp³-hybridized carbons (Fsp3) is 0.647. The first-order chi connectivity index (χ1) is 9.71. The summed E-state index contributed by atoms with van der Waals surface area (Å²) in [5, 5.41) is 0.0419. The number of halogens is 1. The van der Waals surface area contributed by atoms with Gasteiger partial charge in [0.05, 0.1) is 19.6 Å². The molecule has 3 heteroatoms. The van der Waals surface area contributed by atoms with Gasteiger partial charge in [0.1, 0.15) is 11.5 Å². The highest BCUT2D eigenvalue weighted by atomic mass is 35.5. The van der Waals surface area contributed by atoms with Crippen molar-refractivity contribution in [2.45, 2.75) is 37.5 Å². The Morgan fingerprint density at radius 2 is 2.05 bits per heavy atom. The molecule has 0 N–H and O–H groups in total. The van der Waals surface area contributed by atoms with Gasteiger partial charge in [-0.15, -0.1) is 11.6 Å². The van der Waals surface area contributed by atoms with Gasteiger partial charge >= 0.3 is 0 Å². The van der Waals surface area contributed by atoms with E-state index >= 15 is 0 Å². The molecule has 4 atom stereocenters. The lowest BCUT2D eigenvalue weighted by molar-refractivity contribution is 0.309. The molecular formula is C17H23ClO2. The van der Waals surface area contributed by atoms with Gasteiger partial charge in [-0.2, -0.15) is 0 Å². The maximum Gasteiger partial charge on any atom is 0.127 e. The average molecular weight is 295 g/mol. The summed E-state index contributed by atoms with van der Waals surface area (Å²) in [6.07, 6.45) is 6.75. The van der Waals surface area contributed by atoms with E-state index in [4.69, 9.17) is 21.1 Å². The third kappa shape index (κ3) is 2.63. The Morgan fingerprint density at radius 1 is 1.20 bits per heavy atom. The Morgan fingerprint density at radius 3 is 2.65 bits per heavy atom. The second kappa shape index (κ2) is 5.85. The largest absolute Gasteiger partial charge is 0.497 e. The van der Waals surface area contributed by atoms with Crippen LogP contribution in [0.25, 0.3) is 0 Å². The molecule has 20 heavy (non-hydrogen) atoms. The molecule has 2 saturated carbocycles.